The van der Waals surface area contributed by atoms with E-state index >= 15 is 0 Å². The topological polar surface area (TPSA) is 38.7 Å². The number of rotatable bonds is 8. The normalized spacial score (nSPS) is 12.7. The van der Waals surface area contributed by atoms with Crippen molar-refractivity contribution in [2.45, 2.75) is 39.6 Å². The maximum Gasteiger partial charge on any atom is 0.246 e. The van der Waals surface area contributed by atoms with E-state index in [1.807, 2.05) is 12.1 Å². The number of ether oxygens (including phenoxy) is 1. The molecule has 0 aromatic heterocycles. The third-order valence-electron chi connectivity index (χ3n) is 5.53. The van der Waals surface area contributed by atoms with Gasteiger partial charge in [0, 0.05) is 5.56 Å². The monoisotopic (exact) mass is 419 g/mol. The number of aryl methyl sites for hydroxylation is 2. The Bertz CT molecular complexity index is 1060. The van der Waals surface area contributed by atoms with Gasteiger partial charge >= 0.3 is 0 Å². The molecule has 0 spiro atoms. The minimum absolute atomic E-state index is 0.0900. The molecule has 154 valence electrons. The first-order valence-electron chi connectivity index (χ1n) is 10.4. The standard InChI is InChI=1S/C26H28O3P/c1-3-30(2)29-17-22-10-12-25-24-11-9-20(14-23(24)18-28-26(25)15-22)8-7-19-5-4-6-21(13-19)16-27/h4-6,9-15,27H,2-3,7-8,16-18H2,1H3/q+1. The zero-order valence-electron chi connectivity index (χ0n) is 17.4. The summed E-state index contributed by atoms with van der Waals surface area (Å²) in [6.07, 6.45) is 6.94. The highest BCUT2D eigenvalue weighted by atomic mass is 31.1. The molecule has 4 rings (SSSR count). The number of fused-ring (bicyclic) bond motifs is 3. The van der Waals surface area contributed by atoms with Gasteiger partial charge in [-0.25, -0.2) is 0 Å². The molecule has 0 fully saturated rings. The van der Waals surface area contributed by atoms with E-state index in [4.69, 9.17) is 9.26 Å². The second-order valence-electron chi connectivity index (χ2n) is 7.66. The number of benzene rings is 3. The van der Waals surface area contributed by atoms with Crippen molar-refractivity contribution in [3.05, 3.63) is 88.5 Å². The fourth-order valence-electron chi connectivity index (χ4n) is 3.77. The highest BCUT2D eigenvalue weighted by Gasteiger charge is 2.18. The second-order valence-corrected chi connectivity index (χ2v) is 9.51. The minimum Gasteiger partial charge on any atom is -0.488 e. The van der Waals surface area contributed by atoms with Crippen molar-refractivity contribution in [2.75, 3.05) is 6.16 Å². The fourth-order valence-corrected chi connectivity index (χ4v) is 4.28. The molecule has 1 unspecified atom stereocenters. The number of aliphatic hydroxyl groups is 1. The van der Waals surface area contributed by atoms with Crippen molar-refractivity contribution < 1.29 is 14.4 Å². The van der Waals surface area contributed by atoms with Crippen molar-refractivity contribution in [1.82, 2.24) is 0 Å². The summed E-state index contributed by atoms with van der Waals surface area (Å²) in [5.74, 6) is 0.932. The summed E-state index contributed by atoms with van der Waals surface area (Å²) in [6, 6.07) is 21.2. The van der Waals surface area contributed by atoms with E-state index in [1.54, 1.807) is 0 Å². The van der Waals surface area contributed by atoms with Crippen molar-refractivity contribution in [2.24, 2.45) is 0 Å². The zero-order chi connectivity index (χ0) is 20.9. The molecule has 30 heavy (non-hydrogen) atoms. The van der Waals surface area contributed by atoms with E-state index in [2.05, 4.69) is 61.8 Å². The molecular formula is C26H28O3P+. The summed E-state index contributed by atoms with van der Waals surface area (Å²) < 4.78 is 11.9. The van der Waals surface area contributed by atoms with Gasteiger partial charge in [0.05, 0.1) is 6.61 Å². The lowest BCUT2D eigenvalue weighted by atomic mass is 9.93. The van der Waals surface area contributed by atoms with Gasteiger partial charge in [0.2, 0.25) is 7.77 Å². The van der Waals surface area contributed by atoms with Crippen LogP contribution in [0.25, 0.3) is 11.1 Å². The van der Waals surface area contributed by atoms with E-state index in [-0.39, 0.29) is 6.61 Å². The third-order valence-corrected chi connectivity index (χ3v) is 6.73. The Balaban J connectivity index is 1.47. The average Bonchev–Trinajstić information content (AvgIpc) is 2.80. The minimum atomic E-state index is -0.586. The van der Waals surface area contributed by atoms with Gasteiger partial charge in [0.15, 0.2) is 0 Å². The van der Waals surface area contributed by atoms with Gasteiger partial charge in [-0.05, 0) is 59.2 Å². The second kappa shape index (κ2) is 9.57. The van der Waals surface area contributed by atoms with E-state index in [0.717, 1.165) is 41.4 Å². The molecule has 3 aromatic rings. The predicted octanol–water partition coefficient (Wildman–Crippen LogP) is 5.89. The van der Waals surface area contributed by atoms with Gasteiger partial charge in [-0.2, -0.15) is 4.52 Å². The Kier molecular flexibility index (Phi) is 6.64. The highest BCUT2D eigenvalue weighted by molar-refractivity contribution is 7.50. The Hall–Kier alpha value is -2.45. The van der Waals surface area contributed by atoms with E-state index in [0.29, 0.717) is 13.2 Å². The molecule has 3 aromatic carbocycles. The molecule has 1 heterocycles. The van der Waals surface area contributed by atoms with Crippen molar-refractivity contribution >= 4 is 14.1 Å². The maximum atomic E-state index is 9.32. The smallest absolute Gasteiger partial charge is 0.246 e. The van der Waals surface area contributed by atoms with Gasteiger partial charge in [0.1, 0.15) is 31.4 Å². The first-order chi connectivity index (χ1) is 14.7. The van der Waals surface area contributed by atoms with Crippen LogP contribution in [0.15, 0.2) is 60.7 Å². The van der Waals surface area contributed by atoms with Crippen LogP contribution in [0.5, 0.6) is 5.75 Å². The van der Waals surface area contributed by atoms with Crippen LogP contribution in [0.1, 0.15) is 34.7 Å². The Morgan fingerprint density at radius 3 is 2.47 bits per heavy atom. The van der Waals surface area contributed by atoms with Crippen LogP contribution in [-0.2, 0) is 37.2 Å². The van der Waals surface area contributed by atoms with Crippen molar-refractivity contribution in [3.8, 4) is 16.9 Å². The molecule has 1 atom stereocenters. The van der Waals surface area contributed by atoms with Crippen LogP contribution in [0, 0.1) is 0 Å². The summed E-state index contributed by atoms with van der Waals surface area (Å²) in [7, 11) is -0.586. The first kappa shape index (κ1) is 20.8. The maximum absolute atomic E-state index is 9.32. The molecular weight excluding hydrogens is 391 g/mol. The molecule has 0 radical (unpaired) electrons. The van der Waals surface area contributed by atoms with Crippen LogP contribution in [0.3, 0.4) is 0 Å². The lowest BCUT2D eigenvalue weighted by Gasteiger charge is -2.22. The summed E-state index contributed by atoms with van der Waals surface area (Å²) in [5, 5.41) is 9.32. The molecule has 0 bridgehead atoms. The Morgan fingerprint density at radius 1 is 0.933 bits per heavy atom. The quantitative estimate of drug-likeness (QED) is 0.463. The van der Waals surface area contributed by atoms with Crippen LogP contribution in [0.4, 0.5) is 0 Å². The van der Waals surface area contributed by atoms with E-state index < -0.39 is 7.77 Å². The van der Waals surface area contributed by atoms with Gasteiger partial charge < -0.3 is 9.84 Å². The summed E-state index contributed by atoms with van der Waals surface area (Å²) in [5.41, 5.74) is 8.30. The van der Waals surface area contributed by atoms with Crippen LogP contribution >= 0.6 is 7.77 Å². The predicted molar refractivity (Wildman–Crippen MR) is 125 cm³/mol. The fraction of sp³-hybridized carbons (Fsp3) is 0.269. The molecule has 0 amide bonds. The molecule has 0 saturated carbocycles. The molecule has 0 saturated heterocycles. The van der Waals surface area contributed by atoms with Crippen LogP contribution < -0.4 is 4.74 Å². The average molecular weight is 419 g/mol. The number of hydrogen-bond donors (Lipinski definition) is 1. The van der Waals surface area contributed by atoms with Crippen molar-refractivity contribution in [3.63, 3.8) is 0 Å². The Morgan fingerprint density at radius 2 is 1.67 bits per heavy atom. The number of hydrogen-bond acceptors (Lipinski definition) is 3. The summed E-state index contributed by atoms with van der Waals surface area (Å²) in [6.45, 7) is 3.37. The number of aliphatic hydroxyl groups excluding tert-OH is 1. The summed E-state index contributed by atoms with van der Waals surface area (Å²) in [4.78, 5) is 0. The third kappa shape index (κ3) is 4.82. The van der Waals surface area contributed by atoms with E-state index in [1.165, 1.54) is 22.3 Å². The SMILES string of the molecule is C=[P+](CC)OCc1ccc2c(c1)OCc1cc(CCc3cccc(CO)c3)ccc1-2. The van der Waals surface area contributed by atoms with Crippen molar-refractivity contribution in [1.29, 1.82) is 0 Å². The molecule has 1 N–H and O–H groups in total. The molecule has 3 nitrogen and oxygen atoms in total. The van der Waals surface area contributed by atoms with Crippen LogP contribution in [0.2, 0.25) is 0 Å². The van der Waals surface area contributed by atoms with Gasteiger partial charge in [-0.15, -0.1) is 0 Å². The molecule has 4 heteroatoms. The first-order valence-corrected chi connectivity index (χ1v) is 12.1. The Labute approximate surface area is 179 Å². The van der Waals surface area contributed by atoms with E-state index in [9.17, 15) is 5.11 Å². The lowest BCUT2D eigenvalue weighted by molar-refractivity contribution is 0.281. The summed E-state index contributed by atoms with van der Waals surface area (Å²) >= 11 is 0. The molecule has 1 aliphatic heterocycles. The van der Waals surface area contributed by atoms with Gasteiger partial charge in [-0.1, -0.05) is 54.6 Å². The largest absolute Gasteiger partial charge is 0.488 e. The molecule has 0 aliphatic carbocycles. The zero-order valence-corrected chi connectivity index (χ0v) is 18.3. The lowest BCUT2D eigenvalue weighted by Crippen LogP contribution is -2.07. The van der Waals surface area contributed by atoms with Gasteiger partial charge in [-0.3, -0.25) is 0 Å². The molecule has 1 aliphatic rings. The highest BCUT2D eigenvalue weighted by Crippen LogP contribution is 2.39. The van der Waals surface area contributed by atoms with Gasteiger partial charge in [0.25, 0.3) is 0 Å². The van der Waals surface area contributed by atoms with Crippen LogP contribution in [-0.4, -0.2) is 17.6 Å².